The summed E-state index contributed by atoms with van der Waals surface area (Å²) in [5.74, 6) is -0.163. The molecule has 0 fully saturated rings. The monoisotopic (exact) mass is 668 g/mol. The fourth-order valence-electron chi connectivity index (χ4n) is 2.64. The van der Waals surface area contributed by atoms with E-state index in [1.54, 1.807) is 36.4 Å². The average Bonchev–Trinajstić information content (AvgIpc) is 2.73. The van der Waals surface area contributed by atoms with Crippen LogP contribution in [0, 0.1) is 0 Å². The van der Waals surface area contributed by atoms with Gasteiger partial charge < -0.3 is 20.1 Å². The zero-order valence-corrected chi connectivity index (χ0v) is 23.1. The van der Waals surface area contributed by atoms with Crippen molar-refractivity contribution < 1.29 is 19.1 Å². The smallest absolute Gasteiger partial charge is 0.262 e. The van der Waals surface area contributed by atoms with Crippen molar-refractivity contribution in [3.8, 4) is 11.5 Å². The molecule has 34 heavy (non-hydrogen) atoms. The van der Waals surface area contributed by atoms with Crippen LogP contribution in [0.3, 0.4) is 0 Å². The summed E-state index contributed by atoms with van der Waals surface area (Å²) in [7, 11) is 0. The van der Waals surface area contributed by atoms with Crippen molar-refractivity contribution in [3.05, 3.63) is 77.6 Å². The maximum Gasteiger partial charge on any atom is 0.262 e. The Morgan fingerprint density at radius 3 is 1.35 bits per heavy atom. The quantitative estimate of drug-likeness (QED) is 0.256. The molecule has 0 aliphatic carbocycles. The average molecular weight is 672 g/mol. The van der Waals surface area contributed by atoms with Gasteiger partial charge in [-0.25, -0.2) is 0 Å². The molecule has 178 valence electrons. The topological polar surface area (TPSA) is 76.7 Å². The molecule has 3 aromatic carbocycles. The normalized spacial score (nSPS) is 10.5. The first-order valence-corrected chi connectivity index (χ1v) is 12.5. The maximum atomic E-state index is 12.2. The molecular formula is C22H14Br2Cl4N2O4. The Bertz CT molecular complexity index is 1090. The van der Waals surface area contributed by atoms with Gasteiger partial charge in [-0.15, -0.1) is 0 Å². The summed E-state index contributed by atoms with van der Waals surface area (Å²) in [6.45, 7) is -0.531. The van der Waals surface area contributed by atoms with Crippen LogP contribution in [-0.2, 0) is 9.59 Å². The molecule has 0 saturated carbocycles. The largest absolute Gasteiger partial charge is 0.481 e. The van der Waals surface area contributed by atoms with Crippen LogP contribution in [-0.4, -0.2) is 25.0 Å². The fourth-order valence-corrected chi connectivity index (χ4v) is 5.38. The van der Waals surface area contributed by atoms with Gasteiger partial charge in [-0.1, -0.05) is 46.4 Å². The lowest BCUT2D eigenvalue weighted by Gasteiger charge is -2.12. The van der Waals surface area contributed by atoms with Gasteiger partial charge in [0.15, 0.2) is 24.7 Å². The van der Waals surface area contributed by atoms with E-state index in [9.17, 15) is 9.59 Å². The van der Waals surface area contributed by atoms with Crippen LogP contribution in [0.5, 0.6) is 11.5 Å². The highest BCUT2D eigenvalue weighted by atomic mass is 79.9. The molecule has 0 aliphatic heterocycles. The van der Waals surface area contributed by atoms with Crippen molar-refractivity contribution in [2.45, 2.75) is 0 Å². The van der Waals surface area contributed by atoms with E-state index in [1.807, 2.05) is 0 Å². The zero-order valence-electron chi connectivity index (χ0n) is 16.9. The van der Waals surface area contributed by atoms with Gasteiger partial charge in [-0.3, -0.25) is 9.59 Å². The van der Waals surface area contributed by atoms with Gasteiger partial charge >= 0.3 is 0 Å². The van der Waals surface area contributed by atoms with Crippen molar-refractivity contribution in [2.75, 3.05) is 23.8 Å². The second kappa shape index (κ2) is 12.3. The number of nitrogens with one attached hydrogen (secondary N) is 2. The summed E-state index contributed by atoms with van der Waals surface area (Å²) in [6, 6.07) is 12.8. The number of hydrogen-bond donors (Lipinski definition) is 2. The molecule has 0 spiro atoms. The summed E-state index contributed by atoms with van der Waals surface area (Å²) in [5.41, 5.74) is 1.03. The van der Waals surface area contributed by atoms with Gasteiger partial charge in [-0.2, -0.15) is 0 Å². The molecule has 0 saturated heterocycles. The van der Waals surface area contributed by atoms with Gasteiger partial charge in [0, 0.05) is 21.4 Å². The van der Waals surface area contributed by atoms with Gasteiger partial charge in [0.25, 0.3) is 11.8 Å². The van der Waals surface area contributed by atoms with Crippen LogP contribution in [0.25, 0.3) is 0 Å². The van der Waals surface area contributed by atoms with E-state index in [2.05, 4.69) is 42.5 Å². The summed E-state index contributed by atoms with van der Waals surface area (Å²) >= 11 is 30.6. The van der Waals surface area contributed by atoms with E-state index in [1.165, 1.54) is 12.1 Å². The second-order valence-electron chi connectivity index (χ2n) is 6.65. The Morgan fingerprint density at radius 1 is 0.676 bits per heavy atom. The third-order valence-electron chi connectivity index (χ3n) is 4.07. The molecule has 0 heterocycles. The molecule has 0 atom stereocenters. The van der Waals surface area contributed by atoms with E-state index < -0.39 is 11.8 Å². The SMILES string of the molecule is O=C(COc1c(Cl)cc(Cl)cc1Br)Nc1ccc(NC(=O)COc2c(Cl)cc(Cl)cc2Br)cc1. The molecule has 0 aromatic heterocycles. The van der Waals surface area contributed by atoms with E-state index >= 15 is 0 Å². The number of carbonyl (C=O) groups is 2. The van der Waals surface area contributed by atoms with Crippen LogP contribution in [0.2, 0.25) is 20.1 Å². The van der Waals surface area contributed by atoms with E-state index in [0.717, 1.165) is 0 Å². The molecule has 12 heteroatoms. The number of amides is 2. The highest BCUT2D eigenvalue weighted by Gasteiger charge is 2.13. The Kier molecular flexibility index (Phi) is 9.76. The molecule has 0 bridgehead atoms. The lowest BCUT2D eigenvalue weighted by atomic mass is 10.2. The molecule has 2 amide bonds. The number of halogens is 6. The lowest BCUT2D eigenvalue weighted by Crippen LogP contribution is -2.21. The second-order valence-corrected chi connectivity index (χ2v) is 10.0. The summed E-state index contributed by atoms with van der Waals surface area (Å²) in [5, 5.41) is 6.82. The zero-order chi connectivity index (χ0) is 24.8. The number of carbonyl (C=O) groups excluding carboxylic acids is 2. The summed E-state index contributed by atoms with van der Waals surface area (Å²) < 4.78 is 12.0. The van der Waals surface area contributed by atoms with Crippen LogP contribution >= 0.6 is 78.3 Å². The minimum atomic E-state index is -0.395. The van der Waals surface area contributed by atoms with Crippen molar-refractivity contribution in [3.63, 3.8) is 0 Å². The molecule has 3 rings (SSSR count). The van der Waals surface area contributed by atoms with Crippen LogP contribution in [0.15, 0.2) is 57.5 Å². The van der Waals surface area contributed by atoms with E-state index in [4.69, 9.17) is 55.9 Å². The Hall–Kier alpha value is -1.68. The molecule has 0 unspecified atom stereocenters. The van der Waals surface area contributed by atoms with Gasteiger partial charge in [0.05, 0.1) is 19.0 Å². The van der Waals surface area contributed by atoms with Crippen LogP contribution in [0.4, 0.5) is 11.4 Å². The number of ether oxygens (including phenoxy) is 2. The molecule has 3 aromatic rings. The third-order valence-corrected chi connectivity index (χ3v) is 6.25. The molecule has 0 radical (unpaired) electrons. The number of anilines is 2. The highest BCUT2D eigenvalue weighted by Crippen LogP contribution is 2.37. The molecular weight excluding hydrogens is 658 g/mol. The lowest BCUT2D eigenvalue weighted by molar-refractivity contribution is -0.118. The first-order chi connectivity index (χ1) is 16.1. The van der Waals surface area contributed by atoms with Crippen molar-refractivity contribution in [1.29, 1.82) is 0 Å². The van der Waals surface area contributed by atoms with E-state index in [-0.39, 0.29) is 23.3 Å². The Morgan fingerprint density at radius 2 is 1.03 bits per heavy atom. The standard InChI is InChI=1S/C22H14Br2Cl4N2O4/c23-15-5-11(25)7-17(27)21(15)33-9-19(31)29-13-1-2-14(4-3-13)30-20(32)10-34-22-16(24)6-12(26)8-18(22)28/h1-8H,9-10H2,(H,29,31)(H,30,32). The first-order valence-electron chi connectivity index (χ1n) is 9.37. The predicted molar refractivity (Wildman–Crippen MR) is 143 cm³/mol. The molecule has 2 N–H and O–H groups in total. The molecule has 0 aliphatic rings. The highest BCUT2D eigenvalue weighted by molar-refractivity contribution is 9.11. The Labute approximate surface area is 232 Å². The number of rotatable bonds is 8. The number of hydrogen-bond acceptors (Lipinski definition) is 4. The maximum absolute atomic E-state index is 12.2. The Balaban J connectivity index is 1.49. The minimum absolute atomic E-state index is 0.265. The van der Waals surface area contributed by atoms with Gasteiger partial charge in [0.1, 0.15) is 0 Å². The van der Waals surface area contributed by atoms with Crippen molar-refractivity contribution in [1.82, 2.24) is 0 Å². The van der Waals surface area contributed by atoms with Gasteiger partial charge in [-0.05, 0) is 80.4 Å². The number of benzene rings is 3. The predicted octanol–water partition coefficient (Wildman–Crippen LogP) is 7.86. The van der Waals surface area contributed by atoms with Gasteiger partial charge in [0.2, 0.25) is 0 Å². The van der Waals surface area contributed by atoms with Crippen molar-refractivity contribution >= 4 is 101 Å². The molecule has 6 nitrogen and oxygen atoms in total. The third kappa shape index (κ3) is 7.66. The van der Waals surface area contributed by atoms with Crippen LogP contribution in [0.1, 0.15) is 0 Å². The first kappa shape index (κ1) is 26.9. The summed E-state index contributed by atoms with van der Waals surface area (Å²) in [4.78, 5) is 24.4. The minimum Gasteiger partial charge on any atom is -0.481 e. The van der Waals surface area contributed by atoms with Crippen LogP contribution < -0.4 is 20.1 Å². The summed E-state index contributed by atoms with van der Waals surface area (Å²) in [6.07, 6.45) is 0. The van der Waals surface area contributed by atoms with E-state index in [0.29, 0.717) is 41.9 Å². The fraction of sp³-hybridized carbons (Fsp3) is 0.0909. The van der Waals surface area contributed by atoms with Crippen molar-refractivity contribution in [2.24, 2.45) is 0 Å².